The zero-order chi connectivity index (χ0) is 10.6. The Kier molecular flexibility index (Phi) is 3.85. The molecule has 4 nitrogen and oxygen atoms in total. The lowest BCUT2D eigenvalue weighted by molar-refractivity contribution is -0.140. The molecule has 0 aromatic carbocycles. The second-order valence-electron chi connectivity index (χ2n) is 2.97. The summed E-state index contributed by atoms with van der Waals surface area (Å²) in [6, 6.07) is 0. The van der Waals surface area contributed by atoms with E-state index in [1.54, 1.807) is 13.0 Å². The fraction of sp³-hybridized carbons (Fsp3) is 0.500. The number of carbonyl (C=O) groups excluding carboxylic acids is 1. The minimum Gasteiger partial charge on any atom is -0.462 e. The van der Waals surface area contributed by atoms with Crippen LogP contribution in [-0.2, 0) is 9.53 Å². The van der Waals surface area contributed by atoms with Crippen molar-refractivity contribution in [3.63, 3.8) is 0 Å². The Hall–Kier alpha value is -1.13. The quantitative estimate of drug-likeness (QED) is 0.634. The second-order valence-corrected chi connectivity index (χ2v) is 2.97. The van der Waals surface area contributed by atoms with Gasteiger partial charge in [-0.25, -0.2) is 4.79 Å². The molecule has 0 aromatic heterocycles. The molecule has 4 heteroatoms. The van der Waals surface area contributed by atoms with E-state index in [-0.39, 0.29) is 18.8 Å². The summed E-state index contributed by atoms with van der Waals surface area (Å²) in [5.41, 5.74) is 1.66. The molecule has 2 N–H and O–H groups in total. The summed E-state index contributed by atoms with van der Waals surface area (Å²) in [4.78, 5) is 11.2. The van der Waals surface area contributed by atoms with E-state index >= 15 is 0 Å². The number of rotatable bonds is 3. The van der Waals surface area contributed by atoms with Crippen molar-refractivity contribution in [3.8, 4) is 0 Å². The molecule has 0 saturated carbocycles. The maximum atomic E-state index is 11.2. The molecule has 0 saturated heterocycles. The molecule has 1 rings (SSSR count). The molecule has 0 spiro atoms. The van der Waals surface area contributed by atoms with Crippen molar-refractivity contribution in [2.24, 2.45) is 0 Å². The zero-order valence-electron chi connectivity index (χ0n) is 8.12. The lowest BCUT2D eigenvalue weighted by atomic mass is 9.96. The van der Waals surface area contributed by atoms with Crippen molar-refractivity contribution in [1.29, 1.82) is 0 Å². The number of hydrogen-bond donors (Lipinski definition) is 2. The molecule has 0 amide bonds. The van der Waals surface area contributed by atoms with Crippen molar-refractivity contribution < 1.29 is 19.7 Å². The molecule has 0 aromatic rings. The van der Waals surface area contributed by atoms with Gasteiger partial charge in [-0.15, -0.1) is 0 Å². The van der Waals surface area contributed by atoms with Gasteiger partial charge in [-0.1, -0.05) is 6.08 Å². The first kappa shape index (κ1) is 10.9. The van der Waals surface area contributed by atoms with Gasteiger partial charge in [0.05, 0.1) is 25.4 Å². The van der Waals surface area contributed by atoms with E-state index in [0.717, 1.165) is 0 Å². The number of hydrogen-bond acceptors (Lipinski definition) is 4. The van der Waals surface area contributed by atoms with Gasteiger partial charge < -0.3 is 14.9 Å². The third-order valence-electron chi connectivity index (χ3n) is 2.26. The Morgan fingerprint density at radius 1 is 1.57 bits per heavy atom. The topological polar surface area (TPSA) is 66.8 Å². The second kappa shape index (κ2) is 4.93. The average molecular weight is 198 g/mol. The summed E-state index contributed by atoms with van der Waals surface area (Å²) in [5, 5.41) is 18.0. The van der Waals surface area contributed by atoms with Crippen LogP contribution >= 0.6 is 0 Å². The van der Waals surface area contributed by atoms with Gasteiger partial charge in [0.1, 0.15) is 0 Å². The largest absolute Gasteiger partial charge is 0.462 e. The summed E-state index contributed by atoms with van der Waals surface area (Å²) < 4.78 is 4.79. The van der Waals surface area contributed by atoms with E-state index in [1.807, 2.05) is 0 Å². The van der Waals surface area contributed by atoms with Crippen LogP contribution in [0.15, 0.2) is 22.8 Å². The highest BCUT2D eigenvalue weighted by Gasteiger charge is 2.22. The predicted octanol–water partition coefficient (Wildman–Crippen LogP) is 0.161. The number of ether oxygens (including phenoxy) is 1. The Labute approximate surface area is 82.5 Å². The standard InChI is InChI=1S/C10H14O4/c1-2-7(5-11)8-3-4-14-10(13)9(8)6-12/h2,11-12H,3-6H2,1H3/b7-2-. The molecule has 1 heterocycles. The minimum absolute atomic E-state index is 0.122. The monoisotopic (exact) mass is 198 g/mol. The number of aliphatic hydroxyl groups is 2. The van der Waals surface area contributed by atoms with E-state index < -0.39 is 5.97 Å². The lowest BCUT2D eigenvalue weighted by Gasteiger charge is -2.19. The van der Waals surface area contributed by atoms with Crippen molar-refractivity contribution >= 4 is 5.97 Å². The fourth-order valence-corrected chi connectivity index (χ4v) is 1.48. The number of cyclic esters (lactones) is 1. The molecular formula is C10H14O4. The van der Waals surface area contributed by atoms with Crippen LogP contribution < -0.4 is 0 Å². The van der Waals surface area contributed by atoms with Gasteiger partial charge in [-0.05, 0) is 18.1 Å². The van der Waals surface area contributed by atoms with E-state index in [2.05, 4.69) is 0 Å². The summed E-state index contributed by atoms with van der Waals surface area (Å²) in [6.45, 7) is 1.64. The molecular weight excluding hydrogens is 184 g/mol. The Balaban J connectivity index is 3.07. The normalized spacial score (nSPS) is 18.5. The van der Waals surface area contributed by atoms with Crippen molar-refractivity contribution in [2.45, 2.75) is 13.3 Å². The minimum atomic E-state index is -0.485. The number of aliphatic hydroxyl groups excluding tert-OH is 2. The third kappa shape index (κ3) is 2.02. The van der Waals surface area contributed by atoms with Crippen LogP contribution in [0.25, 0.3) is 0 Å². The van der Waals surface area contributed by atoms with Crippen LogP contribution in [0.1, 0.15) is 13.3 Å². The van der Waals surface area contributed by atoms with Gasteiger partial charge in [0.2, 0.25) is 0 Å². The highest BCUT2D eigenvalue weighted by Crippen LogP contribution is 2.23. The molecule has 78 valence electrons. The molecule has 0 atom stereocenters. The average Bonchev–Trinajstić information content (AvgIpc) is 2.20. The van der Waals surface area contributed by atoms with Crippen molar-refractivity contribution in [2.75, 3.05) is 19.8 Å². The highest BCUT2D eigenvalue weighted by atomic mass is 16.5. The van der Waals surface area contributed by atoms with Gasteiger partial charge in [-0.3, -0.25) is 0 Å². The number of allylic oxidation sites excluding steroid dienone is 1. The zero-order valence-corrected chi connectivity index (χ0v) is 8.12. The van der Waals surface area contributed by atoms with Crippen LogP contribution in [0, 0.1) is 0 Å². The molecule has 14 heavy (non-hydrogen) atoms. The van der Waals surface area contributed by atoms with Gasteiger partial charge in [0, 0.05) is 6.42 Å². The van der Waals surface area contributed by atoms with Crippen LogP contribution in [0.2, 0.25) is 0 Å². The van der Waals surface area contributed by atoms with Crippen molar-refractivity contribution in [1.82, 2.24) is 0 Å². The summed E-state index contributed by atoms with van der Waals surface area (Å²) in [6.07, 6.45) is 2.30. The number of carbonyl (C=O) groups is 1. The first-order valence-corrected chi connectivity index (χ1v) is 4.51. The Bertz CT molecular complexity index is 288. The smallest absolute Gasteiger partial charge is 0.336 e. The molecule has 0 fully saturated rings. The molecule has 0 bridgehead atoms. The third-order valence-corrected chi connectivity index (χ3v) is 2.26. The Morgan fingerprint density at radius 2 is 2.29 bits per heavy atom. The van der Waals surface area contributed by atoms with E-state index in [1.165, 1.54) is 0 Å². The van der Waals surface area contributed by atoms with Crippen LogP contribution in [0.3, 0.4) is 0 Å². The van der Waals surface area contributed by atoms with E-state index in [9.17, 15) is 4.79 Å². The Morgan fingerprint density at radius 3 is 2.79 bits per heavy atom. The number of esters is 1. The van der Waals surface area contributed by atoms with Crippen LogP contribution in [-0.4, -0.2) is 36.0 Å². The van der Waals surface area contributed by atoms with Crippen LogP contribution in [0.5, 0.6) is 0 Å². The van der Waals surface area contributed by atoms with Gasteiger partial charge in [0.25, 0.3) is 0 Å². The fourth-order valence-electron chi connectivity index (χ4n) is 1.48. The van der Waals surface area contributed by atoms with Crippen LogP contribution in [0.4, 0.5) is 0 Å². The lowest BCUT2D eigenvalue weighted by Crippen LogP contribution is -2.21. The molecule has 1 aliphatic heterocycles. The van der Waals surface area contributed by atoms with Crippen molar-refractivity contribution in [3.05, 3.63) is 22.8 Å². The van der Waals surface area contributed by atoms with E-state index in [0.29, 0.717) is 24.2 Å². The molecule has 0 unspecified atom stereocenters. The van der Waals surface area contributed by atoms with Gasteiger partial charge in [-0.2, -0.15) is 0 Å². The summed E-state index contributed by atoms with van der Waals surface area (Å²) in [5.74, 6) is -0.485. The summed E-state index contributed by atoms with van der Waals surface area (Å²) >= 11 is 0. The maximum Gasteiger partial charge on any atom is 0.336 e. The first-order chi connectivity index (χ1) is 6.74. The van der Waals surface area contributed by atoms with E-state index in [4.69, 9.17) is 14.9 Å². The SMILES string of the molecule is C/C=C(/CO)C1=C(CO)C(=O)OCC1. The summed E-state index contributed by atoms with van der Waals surface area (Å²) in [7, 11) is 0. The van der Waals surface area contributed by atoms with Gasteiger partial charge in [0.15, 0.2) is 0 Å². The molecule has 1 aliphatic rings. The van der Waals surface area contributed by atoms with Gasteiger partial charge >= 0.3 is 5.97 Å². The molecule has 0 radical (unpaired) electrons. The molecule has 0 aliphatic carbocycles. The maximum absolute atomic E-state index is 11.2. The first-order valence-electron chi connectivity index (χ1n) is 4.51. The highest BCUT2D eigenvalue weighted by molar-refractivity contribution is 5.91. The predicted molar refractivity (Wildman–Crippen MR) is 50.5 cm³/mol.